The molecule has 6 nitrogen and oxygen atoms in total. The molecule has 5 rings (SSSR count). The van der Waals surface area contributed by atoms with Gasteiger partial charge in [-0.05, 0) is 35.1 Å². The fourth-order valence-corrected chi connectivity index (χ4v) is 6.05. The molecular weight excluding hydrogens is 600 g/mol. The van der Waals surface area contributed by atoms with Gasteiger partial charge in [-0.1, -0.05) is 148 Å². The van der Waals surface area contributed by atoms with Crippen LogP contribution < -0.4 is 0 Å². The van der Waals surface area contributed by atoms with Gasteiger partial charge in [0.2, 0.25) is 0 Å². The van der Waals surface area contributed by atoms with Gasteiger partial charge in [-0.15, -0.1) is 0 Å². The first-order chi connectivity index (χ1) is 23.8. The molecule has 0 aromatic heterocycles. The summed E-state index contributed by atoms with van der Waals surface area (Å²) in [6.45, 7) is 7.15. The molecule has 1 aliphatic rings. The van der Waals surface area contributed by atoms with E-state index in [1.807, 2.05) is 72.8 Å². The maximum absolute atomic E-state index is 6.90. The van der Waals surface area contributed by atoms with Crippen molar-refractivity contribution in [3.05, 3.63) is 144 Å². The molecule has 0 amide bonds. The fraction of sp³-hybridized carbons (Fsp3) is 0.429. The van der Waals surface area contributed by atoms with Crippen LogP contribution >= 0.6 is 0 Å². The van der Waals surface area contributed by atoms with Crippen LogP contribution in [0, 0.1) is 0 Å². The number of unbranched alkanes of at least 4 members (excludes halogenated alkanes) is 2. The van der Waals surface area contributed by atoms with E-state index < -0.39 is 36.6 Å². The quantitative estimate of drug-likeness (QED) is 0.0891. The van der Waals surface area contributed by atoms with E-state index in [-0.39, 0.29) is 0 Å². The van der Waals surface area contributed by atoms with Gasteiger partial charge in [-0.2, -0.15) is 0 Å². The molecule has 4 aromatic carbocycles. The van der Waals surface area contributed by atoms with Gasteiger partial charge in [0.25, 0.3) is 0 Å². The lowest BCUT2D eigenvalue weighted by Crippen LogP contribution is -2.67. The monoisotopic (exact) mass is 652 g/mol. The topological polar surface area (TPSA) is 55.4 Å². The van der Waals surface area contributed by atoms with Crippen molar-refractivity contribution in [1.29, 1.82) is 0 Å². The lowest BCUT2D eigenvalue weighted by atomic mass is 9.83. The summed E-state index contributed by atoms with van der Waals surface area (Å²) in [5, 5.41) is 0. The molecule has 0 N–H and O–H groups in total. The Bertz CT molecular complexity index is 1280. The molecule has 0 heterocycles. The molecule has 1 aliphatic carbocycles. The summed E-state index contributed by atoms with van der Waals surface area (Å²) in [7, 11) is 0. The van der Waals surface area contributed by atoms with Crippen LogP contribution in [0.1, 0.15) is 61.8 Å². The van der Waals surface area contributed by atoms with Crippen LogP contribution in [0.3, 0.4) is 0 Å². The second-order valence-electron chi connectivity index (χ2n) is 12.4. The summed E-state index contributed by atoms with van der Waals surface area (Å²) in [5.74, 6) is 0. The normalized spacial score (nSPS) is 22.5. The Labute approximate surface area is 287 Å². The second-order valence-corrected chi connectivity index (χ2v) is 12.4. The van der Waals surface area contributed by atoms with E-state index in [4.69, 9.17) is 28.4 Å². The number of benzene rings is 4. The van der Waals surface area contributed by atoms with Crippen molar-refractivity contribution < 1.29 is 28.4 Å². The highest BCUT2D eigenvalue weighted by molar-refractivity contribution is 5.17. The standard InChI is InChI=1S/C42H52O6/c1-3-5-27-43-37-38(44-28-6-4-2)40(46-30-34-21-13-8-14-22-34)42(48-32-36-25-17-10-18-26-36)41(47-31-35-23-15-9-16-24-35)39(37)45-29-33-19-11-7-12-20-33/h7-26,37-42H,3-6,27-32H2,1-2H3/t37-,38+,39-,40-,41+,42+/m1/s1. The largest absolute Gasteiger partial charge is 0.373 e. The van der Waals surface area contributed by atoms with Gasteiger partial charge in [-0.3, -0.25) is 0 Å². The maximum atomic E-state index is 6.90. The second kappa shape index (κ2) is 20.2. The predicted octanol–water partition coefficient (Wildman–Crippen LogP) is 8.71. The molecule has 0 saturated heterocycles. The van der Waals surface area contributed by atoms with E-state index >= 15 is 0 Å². The first kappa shape index (κ1) is 35.9. The van der Waals surface area contributed by atoms with Crippen molar-refractivity contribution >= 4 is 0 Å². The summed E-state index contributed by atoms with van der Waals surface area (Å²) < 4.78 is 41.1. The van der Waals surface area contributed by atoms with Crippen LogP contribution in [-0.2, 0) is 54.8 Å². The van der Waals surface area contributed by atoms with Crippen molar-refractivity contribution in [3.8, 4) is 0 Å². The lowest BCUT2D eigenvalue weighted by Gasteiger charge is -2.50. The van der Waals surface area contributed by atoms with Crippen LogP contribution in [0.2, 0.25) is 0 Å². The van der Waals surface area contributed by atoms with Crippen molar-refractivity contribution in [2.24, 2.45) is 0 Å². The third-order valence-electron chi connectivity index (χ3n) is 8.70. The minimum atomic E-state index is -0.504. The molecule has 1 fully saturated rings. The molecular formula is C42H52O6. The van der Waals surface area contributed by atoms with E-state index in [0.717, 1.165) is 47.9 Å². The maximum Gasteiger partial charge on any atom is 0.116 e. The molecule has 48 heavy (non-hydrogen) atoms. The lowest BCUT2D eigenvalue weighted by molar-refractivity contribution is -0.289. The Balaban J connectivity index is 1.54. The summed E-state index contributed by atoms with van der Waals surface area (Å²) in [6.07, 6.45) is 1.08. The summed E-state index contributed by atoms with van der Waals surface area (Å²) in [6, 6.07) is 41.0. The van der Waals surface area contributed by atoms with Crippen molar-refractivity contribution in [2.45, 2.75) is 103 Å². The average Bonchev–Trinajstić information content (AvgIpc) is 3.14. The van der Waals surface area contributed by atoms with Gasteiger partial charge in [0.05, 0.1) is 26.4 Å². The Hall–Kier alpha value is -3.36. The zero-order valence-electron chi connectivity index (χ0n) is 28.5. The minimum absolute atomic E-state index is 0.399. The predicted molar refractivity (Wildman–Crippen MR) is 189 cm³/mol. The molecule has 0 radical (unpaired) electrons. The fourth-order valence-electron chi connectivity index (χ4n) is 6.05. The third-order valence-corrected chi connectivity index (χ3v) is 8.70. The summed E-state index contributed by atoms with van der Waals surface area (Å²) in [4.78, 5) is 0. The Kier molecular flexibility index (Phi) is 15.1. The molecule has 0 aliphatic heterocycles. The number of rotatable bonds is 20. The molecule has 256 valence electrons. The molecule has 6 heteroatoms. The Morgan fingerprint density at radius 3 is 0.792 bits per heavy atom. The molecule has 4 aromatic rings. The van der Waals surface area contributed by atoms with Crippen LogP contribution in [0.4, 0.5) is 0 Å². The first-order valence-electron chi connectivity index (χ1n) is 17.6. The summed E-state index contributed by atoms with van der Waals surface area (Å²) in [5.41, 5.74) is 4.32. The molecule has 0 unspecified atom stereocenters. The van der Waals surface area contributed by atoms with E-state index in [2.05, 4.69) is 62.4 Å². The molecule has 0 bridgehead atoms. The molecule has 6 atom stereocenters. The highest BCUT2D eigenvalue weighted by atomic mass is 16.6. The van der Waals surface area contributed by atoms with Gasteiger partial charge in [0.1, 0.15) is 36.6 Å². The van der Waals surface area contributed by atoms with Crippen LogP contribution in [-0.4, -0.2) is 49.8 Å². The Morgan fingerprint density at radius 1 is 0.333 bits per heavy atom. The zero-order valence-corrected chi connectivity index (χ0v) is 28.5. The van der Waals surface area contributed by atoms with Crippen LogP contribution in [0.5, 0.6) is 0 Å². The smallest absolute Gasteiger partial charge is 0.116 e. The molecule has 0 spiro atoms. The highest BCUT2D eigenvalue weighted by Crippen LogP contribution is 2.36. The third kappa shape index (κ3) is 10.8. The van der Waals surface area contributed by atoms with Crippen molar-refractivity contribution in [1.82, 2.24) is 0 Å². The number of hydrogen-bond donors (Lipinski definition) is 0. The first-order valence-corrected chi connectivity index (χ1v) is 17.6. The SMILES string of the molecule is CCCCO[C@@H]1[C@H](OCCCC)[C@@H](OCc2ccccc2)[C@H](OCc2ccccc2)[C@@H](OCc2ccccc2)[C@@H]1OCc1ccccc1. The highest BCUT2D eigenvalue weighted by Gasteiger charge is 2.55. The minimum Gasteiger partial charge on any atom is -0.373 e. The van der Waals surface area contributed by atoms with Crippen molar-refractivity contribution in [3.63, 3.8) is 0 Å². The van der Waals surface area contributed by atoms with E-state index in [0.29, 0.717) is 39.6 Å². The van der Waals surface area contributed by atoms with Gasteiger partial charge in [0, 0.05) is 13.2 Å². The van der Waals surface area contributed by atoms with E-state index in [1.54, 1.807) is 0 Å². The van der Waals surface area contributed by atoms with E-state index in [1.165, 1.54) is 0 Å². The van der Waals surface area contributed by atoms with Gasteiger partial charge in [0.15, 0.2) is 0 Å². The number of ether oxygens (including phenoxy) is 6. The van der Waals surface area contributed by atoms with E-state index in [9.17, 15) is 0 Å². The van der Waals surface area contributed by atoms with Crippen LogP contribution in [0.15, 0.2) is 121 Å². The van der Waals surface area contributed by atoms with Crippen molar-refractivity contribution in [2.75, 3.05) is 13.2 Å². The zero-order chi connectivity index (χ0) is 33.2. The number of hydrogen-bond acceptors (Lipinski definition) is 6. The van der Waals surface area contributed by atoms with Gasteiger partial charge >= 0.3 is 0 Å². The molecule has 1 saturated carbocycles. The summed E-state index contributed by atoms with van der Waals surface area (Å²) >= 11 is 0. The van der Waals surface area contributed by atoms with Gasteiger partial charge in [-0.25, -0.2) is 0 Å². The van der Waals surface area contributed by atoms with Crippen LogP contribution in [0.25, 0.3) is 0 Å². The van der Waals surface area contributed by atoms with Gasteiger partial charge < -0.3 is 28.4 Å². The Morgan fingerprint density at radius 2 is 0.562 bits per heavy atom. The average molecular weight is 653 g/mol.